The number of halogens is 3. The fourth-order valence-corrected chi connectivity index (χ4v) is 4.09. The Morgan fingerprint density at radius 3 is 2.46 bits per heavy atom. The molecule has 9 heteroatoms. The summed E-state index contributed by atoms with van der Waals surface area (Å²) in [5.74, 6) is 0.340. The summed E-state index contributed by atoms with van der Waals surface area (Å²) < 4.78 is 66.8. The van der Waals surface area contributed by atoms with Gasteiger partial charge in [-0.15, -0.1) is 0 Å². The molecule has 0 aliphatic carbocycles. The van der Waals surface area contributed by atoms with Crippen LogP contribution in [0.25, 0.3) is 0 Å². The van der Waals surface area contributed by atoms with Gasteiger partial charge in [0.15, 0.2) is 0 Å². The Kier molecular flexibility index (Phi) is 6.37. The van der Waals surface area contributed by atoms with Crippen LogP contribution in [0.5, 0.6) is 0 Å². The van der Waals surface area contributed by atoms with Crippen molar-refractivity contribution in [1.82, 2.24) is 13.9 Å². The number of likely N-dealkylation sites (tertiary alicyclic amines) is 1. The number of nitrogens with one attached hydrogen (secondary N) is 1. The van der Waals surface area contributed by atoms with Gasteiger partial charge in [-0.2, -0.15) is 30.6 Å². The molecule has 1 saturated heterocycles. The van der Waals surface area contributed by atoms with Crippen LogP contribution in [0.2, 0.25) is 0 Å². The molecule has 0 bridgehead atoms. The lowest BCUT2D eigenvalue weighted by Gasteiger charge is -2.24. The highest BCUT2D eigenvalue weighted by atomic mass is 32.2. The minimum Gasteiger partial charge on any atom is -0.297 e. The lowest BCUT2D eigenvalue weighted by atomic mass is 9.92. The lowest BCUT2D eigenvalue weighted by Crippen LogP contribution is -2.46. The molecular weight excluding hydrogens is 367 g/mol. The van der Waals surface area contributed by atoms with E-state index in [1.807, 2.05) is 18.7 Å². The molecule has 0 spiro atoms. The van der Waals surface area contributed by atoms with Gasteiger partial charge in [0.2, 0.25) is 0 Å². The number of benzene rings is 1. The number of rotatable bonds is 6. The second kappa shape index (κ2) is 7.84. The maximum Gasteiger partial charge on any atom is 0.416 e. The van der Waals surface area contributed by atoms with Crippen molar-refractivity contribution >= 4 is 10.2 Å². The third-order valence-electron chi connectivity index (χ3n) is 4.74. The predicted molar refractivity (Wildman–Crippen MR) is 94.6 cm³/mol. The van der Waals surface area contributed by atoms with Crippen molar-refractivity contribution in [1.29, 1.82) is 0 Å². The lowest BCUT2D eigenvalue weighted by molar-refractivity contribution is -0.137. The molecular formula is C17H26F3N3O2S. The van der Waals surface area contributed by atoms with Gasteiger partial charge in [-0.3, -0.25) is 4.90 Å². The summed E-state index contributed by atoms with van der Waals surface area (Å²) in [5, 5.41) is 0. The zero-order valence-corrected chi connectivity index (χ0v) is 16.2. The molecule has 1 aliphatic rings. The van der Waals surface area contributed by atoms with Gasteiger partial charge in [-0.25, -0.2) is 0 Å². The molecule has 1 fully saturated rings. The van der Waals surface area contributed by atoms with Crippen molar-refractivity contribution in [2.24, 2.45) is 11.8 Å². The molecule has 0 saturated carbocycles. The van der Waals surface area contributed by atoms with E-state index in [1.165, 1.54) is 20.2 Å². The summed E-state index contributed by atoms with van der Waals surface area (Å²) in [6, 6.07) is 5.01. The van der Waals surface area contributed by atoms with Crippen LogP contribution in [0.1, 0.15) is 25.0 Å². The summed E-state index contributed by atoms with van der Waals surface area (Å²) in [4.78, 5) is 2.00. The van der Waals surface area contributed by atoms with Gasteiger partial charge in [-0.05, 0) is 23.5 Å². The molecule has 148 valence electrons. The van der Waals surface area contributed by atoms with Crippen LogP contribution < -0.4 is 4.72 Å². The molecule has 2 atom stereocenters. The first-order valence-electron chi connectivity index (χ1n) is 8.48. The number of nitrogens with zero attached hydrogens (tertiary/aromatic N) is 2. The second-order valence-electron chi connectivity index (χ2n) is 7.31. The first kappa shape index (κ1) is 21.1. The largest absolute Gasteiger partial charge is 0.416 e. The summed E-state index contributed by atoms with van der Waals surface area (Å²) in [7, 11) is -0.642. The number of hydrogen-bond acceptors (Lipinski definition) is 3. The monoisotopic (exact) mass is 393 g/mol. The van der Waals surface area contributed by atoms with Gasteiger partial charge >= 0.3 is 6.18 Å². The normalized spacial score (nSPS) is 22.5. The van der Waals surface area contributed by atoms with Crippen LogP contribution in [0.15, 0.2) is 24.3 Å². The van der Waals surface area contributed by atoms with Crippen molar-refractivity contribution in [3.05, 3.63) is 35.4 Å². The topological polar surface area (TPSA) is 52.7 Å². The molecule has 1 N–H and O–H groups in total. The zero-order valence-electron chi connectivity index (χ0n) is 15.4. The molecule has 0 amide bonds. The SMILES string of the molecule is CC(C)[C@@H]1CN(Cc2cccc(C(F)(F)F)c2)C[C@H]1NS(=O)(=O)N(C)C. The zero-order chi connectivity index (χ0) is 19.7. The average molecular weight is 393 g/mol. The maximum atomic E-state index is 12.9. The summed E-state index contributed by atoms with van der Waals surface area (Å²) >= 11 is 0. The van der Waals surface area contributed by atoms with E-state index in [4.69, 9.17) is 0 Å². The van der Waals surface area contributed by atoms with Gasteiger partial charge in [0, 0.05) is 39.8 Å². The highest BCUT2D eigenvalue weighted by molar-refractivity contribution is 7.87. The van der Waals surface area contributed by atoms with E-state index >= 15 is 0 Å². The Bertz CT molecular complexity index is 720. The minimum absolute atomic E-state index is 0.0931. The first-order chi connectivity index (χ1) is 11.9. The van der Waals surface area contributed by atoms with E-state index in [1.54, 1.807) is 6.07 Å². The van der Waals surface area contributed by atoms with Gasteiger partial charge in [0.1, 0.15) is 0 Å². The molecule has 1 aromatic rings. The molecule has 1 aliphatic heterocycles. The quantitative estimate of drug-likeness (QED) is 0.808. The molecule has 1 heterocycles. The summed E-state index contributed by atoms with van der Waals surface area (Å²) in [6.07, 6.45) is -4.37. The van der Waals surface area contributed by atoms with Gasteiger partial charge in [0.05, 0.1) is 5.56 Å². The number of hydrogen-bond donors (Lipinski definition) is 1. The van der Waals surface area contributed by atoms with Gasteiger partial charge in [-0.1, -0.05) is 32.0 Å². The van der Waals surface area contributed by atoms with E-state index < -0.39 is 21.9 Å². The van der Waals surface area contributed by atoms with Crippen molar-refractivity contribution in [2.45, 2.75) is 32.6 Å². The van der Waals surface area contributed by atoms with E-state index in [9.17, 15) is 21.6 Å². The van der Waals surface area contributed by atoms with Crippen LogP contribution >= 0.6 is 0 Å². The maximum absolute atomic E-state index is 12.9. The molecule has 2 rings (SSSR count). The van der Waals surface area contributed by atoms with E-state index in [0.29, 0.717) is 25.2 Å². The standard InChI is InChI=1S/C17H26F3N3O2S/c1-12(2)15-10-23(11-16(15)21-26(24,25)22(3)4)9-13-6-5-7-14(8-13)17(18,19)20/h5-8,12,15-16,21H,9-11H2,1-4H3/t15-,16+/m0/s1. The van der Waals surface area contributed by atoms with Crippen molar-refractivity contribution in [2.75, 3.05) is 27.2 Å². The molecule has 0 unspecified atom stereocenters. The Hall–Kier alpha value is -1.16. The minimum atomic E-state index is -4.37. The Morgan fingerprint density at radius 2 is 1.92 bits per heavy atom. The van der Waals surface area contributed by atoms with Crippen LogP contribution in [-0.2, 0) is 22.9 Å². The third kappa shape index (κ3) is 5.18. The molecule has 5 nitrogen and oxygen atoms in total. The van der Waals surface area contributed by atoms with Crippen molar-refractivity contribution < 1.29 is 21.6 Å². The highest BCUT2D eigenvalue weighted by Crippen LogP contribution is 2.31. The third-order valence-corrected chi connectivity index (χ3v) is 6.30. The predicted octanol–water partition coefficient (Wildman–Crippen LogP) is 2.56. The van der Waals surface area contributed by atoms with Crippen LogP contribution in [0.3, 0.4) is 0 Å². The fourth-order valence-electron chi connectivity index (χ4n) is 3.24. The highest BCUT2D eigenvalue weighted by Gasteiger charge is 2.37. The van der Waals surface area contributed by atoms with Crippen molar-refractivity contribution in [3.8, 4) is 0 Å². The first-order valence-corrected chi connectivity index (χ1v) is 9.92. The molecule has 1 aromatic carbocycles. The molecule has 0 radical (unpaired) electrons. The van der Waals surface area contributed by atoms with E-state index in [0.717, 1.165) is 16.4 Å². The Balaban J connectivity index is 2.13. The Labute approximate surface area is 153 Å². The van der Waals surface area contributed by atoms with Crippen LogP contribution in [0, 0.1) is 11.8 Å². The van der Waals surface area contributed by atoms with Crippen LogP contribution in [0.4, 0.5) is 13.2 Å². The van der Waals surface area contributed by atoms with E-state index in [2.05, 4.69) is 4.72 Å². The molecule has 0 aromatic heterocycles. The smallest absolute Gasteiger partial charge is 0.297 e. The fraction of sp³-hybridized carbons (Fsp3) is 0.647. The van der Waals surface area contributed by atoms with Gasteiger partial charge < -0.3 is 0 Å². The van der Waals surface area contributed by atoms with Gasteiger partial charge in [0.25, 0.3) is 10.2 Å². The summed E-state index contributed by atoms with van der Waals surface area (Å²) in [6.45, 7) is 5.50. The second-order valence-corrected chi connectivity index (χ2v) is 9.23. The Morgan fingerprint density at radius 1 is 1.27 bits per heavy atom. The summed E-state index contributed by atoms with van der Waals surface area (Å²) in [5.41, 5.74) is -0.0992. The van der Waals surface area contributed by atoms with E-state index in [-0.39, 0.29) is 17.9 Å². The average Bonchev–Trinajstić information content (AvgIpc) is 2.88. The molecule has 26 heavy (non-hydrogen) atoms. The van der Waals surface area contributed by atoms with Crippen LogP contribution in [-0.4, -0.2) is 50.8 Å². The van der Waals surface area contributed by atoms with Crippen molar-refractivity contribution in [3.63, 3.8) is 0 Å². The number of alkyl halides is 3.